The first-order valence-corrected chi connectivity index (χ1v) is 8.06. The van der Waals surface area contributed by atoms with E-state index in [0.717, 1.165) is 0 Å². The van der Waals surface area contributed by atoms with Crippen LogP contribution in [-0.4, -0.2) is 37.4 Å². The average molecular weight is 296 g/mol. The number of benzene rings is 1. The molecule has 1 heterocycles. The fraction of sp³-hybridized carbons (Fsp3) is 0.500. The maximum absolute atomic E-state index is 12.2. The van der Waals surface area contributed by atoms with E-state index in [2.05, 4.69) is 4.72 Å². The first-order chi connectivity index (χ1) is 9.20. The van der Waals surface area contributed by atoms with Crippen LogP contribution in [0.25, 0.3) is 0 Å². The maximum atomic E-state index is 12.2. The van der Waals surface area contributed by atoms with E-state index in [1.807, 2.05) is 20.8 Å². The fourth-order valence-electron chi connectivity index (χ4n) is 2.32. The molecule has 0 spiro atoms. The highest BCUT2D eigenvalue weighted by Crippen LogP contribution is 2.23. The molecule has 5 nitrogen and oxygen atoms in total. The number of sulfonamides is 1. The van der Waals surface area contributed by atoms with Crippen molar-refractivity contribution in [2.24, 2.45) is 0 Å². The molecule has 1 aromatic carbocycles. The van der Waals surface area contributed by atoms with Crippen LogP contribution < -0.4 is 4.72 Å². The van der Waals surface area contributed by atoms with Gasteiger partial charge in [0.1, 0.15) is 0 Å². The van der Waals surface area contributed by atoms with E-state index in [1.54, 1.807) is 35.2 Å². The van der Waals surface area contributed by atoms with Gasteiger partial charge in [0.25, 0.3) is 0 Å². The molecule has 1 saturated heterocycles. The van der Waals surface area contributed by atoms with Gasteiger partial charge in [0.2, 0.25) is 15.9 Å². The molecule has 0 aromatic heterocycles. The molecule has 0 saturated carbocycles. The van der Waals surface area contributed by atoms with Crippen LogP contribution in [0.3, 0.4) is 0 Å². The summed E-state index contributed by atoms with van der Waals surface area (Å²) >= 11 is 0. The van der Waals surface area contributed by atoms with Crippen LogP contribution in [0.15, 0.2) is 35.2 Å². The molecule has 1 unspecified atom stereocenters. The van der Waals surface area contributed by atoms with Crippen molar-refractivity contribution in [3.63, 3.8) is 0 Å². The van der Waals surface area contributed by atoms with Crippen LogP contribution in [0.4, 0.5) is 0 Å². The molecule has 0 radical (unpaired) electrons. The number of amides is 1. The second-order valence-corrected chi connectivity index (χ2v) is 7.72. The first-order valence-electron chi connectivity index (χ1n) is 6.58. The van der Waals surface area contributed by atoms with Crippen molar-refractivity contribution in [1.29, 1.82) is 0 Å². The minimum absolute atomic E-state index is 0.0155. The lowest BCUT2D eigenvalue weighted by atomic mass is 10.1. The fourth-order valence-corrected chi connectivity index (χ4v) is 3.57. The highest BCUT2D eigenvalue weighted by Gasteiger charge is 2.37. The molecule has 6 heteroatoms. The smallest absolute Gasteiger partial charge is 0.240 e. The summed E-state index contributed by atoms with van der Waals surface area (Å²) in [5.41, 5.74) is -0.288. The van der Waals surface area contributed by atoms with E-state index in [9.17, 15) is 13.2 Å². The molecule has 1 aliphatic rings. The number of carbonyl (C=O) groups is 1. The third-order valence-electron chi connectivity index (χ3n) is 3.31. The van der Waals surface area contributed by atoms with Crippen LogP contribution in [0.2, 0.25) is 0 Å². The zero-order chi connectivity index (χ0) is 15.0. The van der Waals surface area contributed by atoms with E-state index in [1.165, 1.54) is 0 Å². The molecule has 1 fully saturated rings. The number of hydrogen-bond donors (Lipinski definition) is 1. The van der Waals surface area contributed by atoms with E-state index in [-0.39, 0.29) is 28.8 Å². The quantitative estimate of drug-likeness (QED) is 0.916. The zero-order valence-corrected chi connectivity index (χ0v) is 12.8. The van der Waals surface area contributed by atoms with Crippen molar-refractivity contribution in [2.75, 3.05) is 6.54 Å². The van der Waals surface area contributed by atoms with Crippen molar-refractivity contribution >= 4 is 15.9 Å². The lowest BCUT2D eigenvalue weighted by Crippen LogP contribution is -2.44. The first kappa shape index (κ1) is 15.0. The van der Waals surface area contributed by atoms with Crippen molar-refractivity contribution in [1.82, 2.24) is 9.62 Å². The molecule has 1 N–H and O–H groups in total. The molecule has 1 aliphatic heterocycles. The molecule has 1 amide bonds. The average Bonchev–Trinajstić information content (AvgIpc) is 2.70. The summed E-state index contributed by atoms with van der Waals surface area (Å²) in [7, 11) is -3.56. The van der Waals surface area contributed by atoms with Gasteiger partial charge in [-0.2, -0.15) is 0 Å². The van der Waals surface area contributed by atoms with Gasteiger partial charge in [-0.3, -0.25) is 4.79 Å². The van der Waals surface area contributed by atoms with Crippen LogP contribution >= 0.6 is 0 Å². The van der Waals surface area contributed by atoms with Crippen LogP contribution in [0.1, 0.15) is 27.2 Å². The highest BCUT2D eigenvalue weighted by atomic mass is 32.2. The second kappa shape index (κ2) is 5.18. The number of nitrogens with one attached hydrogen (secondary N) is 1. The maximum Gasteiger partial charge on any atom is 0.240 e. The summed E-state index contributed by atoms with van der Waals surface area (Å²) in [6, 6.07) is 7.83. The Balaban J connectivity index is 2.11. The third kappa shape index (κ3) is 3.19. The SMILES string of the molecule is CC(C)(C)N1CC(NS(=O)(=O)c2ccccc2)CC1=O. The Morgan fingerprint density at radius 1 is 1.20 bits per heavy atom. The molecular formula is C14H20N2O3S. The standard InChI is InChI=1S/C14H20N2O3S/c1-14(2,3)16-10-11(9-13(16)17)15-20(18,19)12-7-5-4-6-8-12/h4-8,11,15H,9-10H2,1-3H3. The largest absolute Gasteiger partial charge is 0.336 e. The normalized spacial score (nSPS) is 20.4. The van der Waals surface area contributed by atoms with Gasteiger partial charge in [-0.15, -0.1) is 0 Å². The third-order valence-corrected chi connectivity index (χ3v) is 4.85. The van der Waals surface area contributed by atoms with Gasteiger partial charge >= 0.3 is 0 Å². The van der Waals surface area contributed by atoms with Gasteiger partial charge in [-0.25, -0.2) is 13.1 Å². The number of nitrogens with zero attached hydrogens (tertiary/aromatic N) is 1. The monoisotopic (exact) mass is 296 g/mol. The Bertz CT molecular complexity index is 591. The van der Waals surface area contributed by atoms with E-state index in [4.69, 9.17) is 0 Å². The Kier molecular flexibility index (Phi) is 3.88. The minimum atomic E-state index is -3.56. The van der Waals surface area contributed by atoms with Gasteiger partial charge in [-0.1, -0.05) is 18.2 Å². The Labute approximate surface area is 120 Å². The van der Waals surface area contributed by atoms with Crippen LogP contribution in [-0.2, 0) is 14.8 Å². The highest BCUT2D eigenvalue weighted by molar-refractivity contribution is 7.89. The lowest BCUT2D eigenvalue weighted by molar-refractivity contribution is -0.131. The molecule has 2 rings (SSSR count). The van der Waals surface area contributed by atoms with Crippen molar-refractivity contribution < 1.29 is 13.2 Å². The van der Waals surface area contributed by atoms with Gasteiger partial charge in [0.15, 0.2) is 0 Å². The molecule has 110 valence electrons. The summed E-state index contributed by atoms with van der Waals surface area (Å²) in [6.07, 6.45) is 0.212. The van der Waals surface area contributed by atoms with Crippen molar-refractivity contribution in [3.05, 3.63) is 30.3 Å². The second-order valence-electron chi connectivity index (χ2n) is 6.01. The van der Waals surface area contributed by atoms with Gasteiger partial charge in [0.05, 0.1) is 4.90 Å². The minimum Gasteiger partial charge on any atom is -0.336 e. The van der Waals surface area contributed by atoms with E-state index in [0.29, 0.717) is 6.54 Å². The Morgan fingerprint density at radius 3 is 2.30 bits per heavy atom. The number of likely N-dealkylation sites (tertiary alicyclic amines) is 1. The molecule has 0 aliphatic carbocycles. The summed E-state index contributed by atoms with van der Waals surface area (Å²) in [5.74, 6) is -0.0155. The van der Waals surface area contributed by atoms with Crippen LogP contribution in [0.5, 0.6) is 0 Å². The number of carbonyl (C=O) groups excluding carboxylic acids is 1. The number of hydrogen-bond acceptors (Lipinski definition) is 3. The van der Waals surface area contributed by atoms with Crippen molar-refractivity contribution in [2.45, 2.75) is 43.7 Å². The summed E-state index contributed by atoms with van der Waals surface area (Å²) in [6.45, 7) is 6.24. The van der Waals surface area contributed by atoms with Crippen LogP contribution in [0, 0.1) is 0 Å². The Hall–Kier alpha value is -1.40. The molecular weight excluding hydrogens is 276 g/mol. The lowest BCUT2D eigenvalue weighted by Gasteiger charge is -2.32. The number of rotatable bonds is 3. The van der Waals surface area contributed by atoms with Gasteiger partial charge < -0.3 is 4.90 Å². The molecule has 20 heavy (non-hydrogen) atoms. The van der Waals surface area contributed by atoms with Gasteiger partial charge in [0, 0.05) is 24.5 Å². The van der Waals surface area contributed by atoms with Gasteiger partial charge in [-0.05, 0) is 32.9 Å². The van der Waals surface area contributed by atoms with Crippen molar-refractivity contribution in [3.8, 4) is 0 Å². The molecule has 1 aromatic rings. The van der Waals surface area contributed by atoms with E-state index < -0.39 is 10.0 Å². The summed E-state index contributed by atoms with van der Waals surface area (Å²) in [4.78, 5) is 13.9. The molecule has 1 atom stereocenters. The Morgan fingerprint density at radius 2 is 1.80 bits per heavy atom. The zero-order valence-electron chi connectivity index (χ0n) is 12.0. The summed E-state index contributed by atoms with van der Waals surface area (Å²) in [5, 5.41) is 0. The predicted molar refractivity (Wildman–Crippen MR) is 76.6 cm³/mol. The predicted octanol–water partition coefficient (Wildman–Crippen LogP) is 1.36. The summed E-state index contributed by atoms with van der Waals surface area (Å²) < 4.78 is 27.0. The topological polar surface area (TPSA) is 66.5 Å². The van der Waals surface area contributed by atoms with E-state index >= 15 is 0 Å². The molecule has 0 bridgehead atoms.